The van der Waals surface area contributed by atoms with Crippen LogP contribution in [0.5, 0.6) is 6.01 Å². The highest BCUT2D eigenvalue weighted by Gasteiger charge is 2.35. The van der Waals surface area contributed by atoms with Crippen molar-refractivity contribution in [2.45, 2.75) is 78.4 Å². The first-order valence-electron chi connectivity index (χ1n) is 25.3. The molecule has 9 rings (SSSR count). The molecule has 1 saturated heterocycles. The van der Waals surface area contributed by atoms with Gasteiger partial charge >= 0.3 is 12.1 Å². The number of nitrogens with zero attached hydrogens (tertiary/aromatic N) is 9. The van der Waals surface area contributed by atoms with Crippen LogP contribution in [0.1, 0.15) is 70.2 Å². The van der Waals surface area contributed by atoms with Crippen molar-refractivity contribution in [2.24, 2.45) is 16.8 Å². The second-order valence-corrected chi connectivity index (χ2v) is 22.0. The van der Waals surface area contributed by atoms with Crippen molar-refractivity contribution in [3.05, 3.63) is 110 Å². The molecule has 21 nitrogen and oxygen atoms in total. The van der Waals surface area contributed by atoms with Crippen molar-refractivity contribution in [3.63, 3.8) is 0 Å². The minimum atomic E-state index is -1.42. The van der Waals surface area contributed by atoms with E-state index in [1.807, 2.05) is 17.9 Å². The van der Waals surface area contributed by atoms with Crippen LogP contribution in [-0.4, -0.2) is 110 Å². The van der Waals surface area contributed by atoms with Crippen molar-refractivity contribution >= 4 is 95.6 Å². The number of nitrogens with two attached hydrogens (primary N) is 2. The number of piperazine rings is 1. The van der Waals surface area contributed by atoms with Crippen LogP contribution < -0.4 is 37.5 Å². The van der Waals surface area contributed by atoms with Crippen molar-refractivity contribution in [3.8, 4) is 34.6 Å². The molecule has 0 bridgehead atoms. The van der Waals surface area contributed by atoms with Gasteiger partial charge in [0.1, 0.15) is 46.2 Å². The number of carbonyl (C=O) groups is 3. The van der Waals surface area contributed by atoms with Gasteiger partial charge in [-0.1, -0.05) is 31.2 Å². The lowest BCUT2D eigenvalue weighted by atomic mass is 9.89. The van der Waals surface area contributed by atoms with E-state index in [0.29, 0.717) is 27.9 Å². The second-order valence-electron chi connectivity index (χ2n) is 20.6. The van der Waals surface area contributed by atoms with Crippen LogP contribution in [0.15, 0.2) is 64.5 Å². The number of nitriles is 1. The molecule has 0 saturated carbocycles. The number of aromatic nitrogens is 4. The zero-order chi connectivity index (χ0) is 58.6. The molecular formula is C55H55ClF3N13O8S. The van der Waals surface area contributed by atoms with Crippen molar-refractivity contribution in [1.29, 1.82) is 5.26 Å². The van der Waals surface area contributed by atoms with E-state index in [1.54, 1.807) is 51.7 Å². The molecule has 7 aromatic rings. The summed E-state index contributed by atoms with van der Waals surface area (Å²) >= 11 is 7.72. The Hall–Kier alpha value is -8.57. The molecule has 6 heterocycles. The highest BCUT2D eigenvalue weighted by atomic mass is 35.5. The molecule has 2 amide bonds. The summed E-state index contributed by atoms with van der Waals surface area (Å²) in [6, 6.07) is 11.5. The topological polar surface area (TPSA) is 282 Å². The molecule has 26 heteroatoms. The lowest BCUT2D eigenvalue weighted by Crippen LogP contribution is -2.55. The standard InChI is InChI=1S/C55H55ClF3N13O8S/c1-9-55(7,77)34-17-40-45-29(23-71(40)51(75)33(34)24-79-25-73)14-28-15-39(37(58)18-38(28)64-45)63-20-41(68-61)72(62)21-26(2)50(74)69-12-13-70(27(3)22-69)48-31-16-35(56)43(44(59)46(31)65-52(66-48)78-8)30-10-11-36(57)47-42(30)32(19-60)49(81-47)67-53(76)80-54(4,5)6/h10-11,14-18,25,27,63,77H,2,9,12-13,20-24,61-62H2,1,3-8H3,(H,67,76)/b68-41-/t27?,55-/m0/s1. The van der Waals surface area contributed by atoms with E-state index in [0.717, 1.165) is 22.4 Å². The average Bonchev–Trinajstić information content (AvgIpc) is 4.24. The molecule has 2 aliphatic rings. The molecule has 2 aliphatic heterocycles. The summed E-state index contributed by atoms with van der Waals surface area (Å²) in [4.78, 5) is 68.6. The van der Waals surface area contributed by atoms with E-state index < -0.39 is 52.3 Å². The van der Waals surface area contributed by atoms with Gasteiger partial charge in [-0.2, -0.15) is 20.3 Å². The molecule has 0 radical (unpaired) electrons. The van der Waals surface area contributed by atoms with E-state index in [2.05, 4.69) is 32.3 Å². The molecule has 2 atom stereocenters. The average molecular weight is 1150 g/mol. The fourth-order valence-electron chi connectivity index (χ4n) is 9.99. The maximum absolute atomic E-state index is 17.2. The first-order chi connectivity index (χ1) is 38.4. The van der Waals surface area contributed by atoms with Gasteiger partial charge in [-0.05, 0) is 82.5 Å². The molecule has 4 aromatic heterocycles. The number of pyridine rings is 2. The first-order valence-corrected chi connectivity index (χ1v) is 26.5. The number of fused-ring (bicyclic) bond motifs is 6. The fourth-order valence-corrected chi connectivity index (χ4v) is 11.3. The molecule has 81 heavy (non-hydrogen) atoms. The van der Waals surface area contributed by atoms with Crippen LogP contribution in [-0.2, 0) is 37.8 Å². The highest BCUT2D eigenvalue weighted by molar-refractivity contribution is 7.23. The van der Waals surface area contributed by atoms with Gasteiger partial charge in [-0.15, -0.1) is 11.3 Å². The van der Waals surface area contributed by atoms with Gasteiger partial charge in [0, 0.05) is 64.6 Å². The second kappa shape index (κ2) is 22.2. The third-order valence-corrected chi connectivity index (χ3v) is 15.5. The number of amidine groups is 1. The molecule has 0 spiro atoms. The van der Waals surface area contributed by atoms with Gasteiger partial charge in [-0.25, -0.2) is 28.8 Å². The monoisotopic (exact) mass is 1150 g/mol. The Morgan fingerprint density at radius 1 is 1.11 bits per heavy atom. The maximum atomic E-state index is 17.2. The number of nitrogens with one attached hydrogen (secondary N) is 2. The van der Waals surface area contributed by atoms with E-state index >= 15 is 13.2 Å². The number of benzene rings is 3. The molecule has 3 aromatic carbocycles. The number of hydrogen-bond acceptors (Lipinski definition) is 18. The number of hydrogen-bond donors (Lipinski definition) is 5. The number of thiophene rings is 1. The lowest BCUT2D eigenvalue weighted by molar-refractivity contribution is -0.130. The first kappa shape index (κ1) is 57.1. The maximum Gasteiger partial charge on any atom is 0.412 e. The smallest absolute Gasteiger partial charge is 0.412 e. The number of hydrazine groups is 1. The van der Waals surface area contributed by atoms with E-state index in [-0.39, 0.29) is 146 Å². The summed E-state index contributed by atoms with van der Waals surface area (Å²) < 4.78 is 65.6. The van der Waals surface area contributed by atoms with Gasteiger partial charge in [0.15, 0.2) is 11.7 Å². The third kappa shape index (κ3) is 10.8. The summed E-state index contributed by atoms with van der Waals surface area (Å²) in [7, 11) is 1.31. The van der Waals surface area contributed by atoms with Crippen LogP contribution in [0.2, 0.25) is 5.02 Å². The SMILES string of the molecule is C=C(CN(N)/C(CNc1cc2cc3c(nc2cc1F)-c1cc([C@@](C)(O)CC)c(COC=O)c(=O)n1C3)=N\N)C(=O)N1CCN(c2nc(OC)nc3c(F)c(-c4ccc(F)c5sc(NC(=O)OC(C)(C)C)c(C#N)c45)c(Cl)cc23)C(C)C1. The number of hydrazone groups is 1. The summed E-state index contributed by atoms with van der Waals surface area (Å²) in [5.41, 5.74) is -0.836. The fraction of sp³-hybridized carbons (Fsp3) is 0.327. The number of anilines is 3. The van der Waals surface area contributed by atoms with E-state index in [9.17, 15) is 29.5 Å². The summed E-state index contributed by atoms with van der Waals surface area (Å²) in [6.07, 6.45) is -0.611. The number of rotatable bonds is 15. The summed E-state index contributed by atoms with van der Waals surface area (Å²) in [5.74, 6) is 9.71. The van der Waals surface area contributed by atoms with Gasteiger partial charge in [-0.3, -0.25) is 24.7 Å². The highest BCUT2D eigenvalue weighted by Crippen LogP contribution is 2.47. The molecule has 0 aliphatic carbocycles. The van der Waals surface area contributed by atoms with Crippen LogP contribution >= 0.6 is 22.9 Å². The van der Waals surface area contributed by atoms with Crippen LogP contribution in [0, 0.1) is 28.8 Å². The largest absolute Gasteiger partial charge is 0.467 e. The summed E-state index contributed by atoms with van der Waals surface area (Å²) in [5, 5.41) is 32.5. The Bertz CT molecular complexity index is 3920. The Balaban J connectivity index is 0.885. The van der Waals surface area contributed by atoms with Gasteiger partial charge < -0.3 is 44.8 Å². The predicted octanol–water partition coefficient (Wildman–Crippen LogP) is 7.99. The van der Waals surface area contributed by atoms with Crippen LogP contribution in [0.25, 0.3) is 54.4 Å². The Morgan fingerprint density at radius 3 is 2.53 bits per heavy atom. The molecule has 1 unspecified atom stereocenters. The van der Waals surface area contributed by atoms with E-state index in [4.69, 9.17) is 42.5 Å². The Labute approximate surface area is 470 Å². The number of halogens is 4. The quantitative estimate of drug-likeness (QED) is 0.0162. The Kier molecular flexibility index (Phi) is 15.6. The number of methoxy groups -OCH3 is 1. The Morgan fingerprint density at radius 2 is 1.86 bits per heavy atom. The van der Waals surface area contributed by atoms with Gasteiger partial charge in [0.05, 0.1) is 75.8 Å². The van der Waals surface area contributed by atoms with Gasteiger partial charge in [0.25, 0.3) is 17.9 Å². The molecule has 422 valence electrons. The van der Waals surface area contributed by atoms with Crippen molar-refractivity contribution in [2.75, 3.05) is 55.4 Å². The molecule has 1 fully saturated rings. The lowest BCUT2D eigenvalue weighted by Gasteiger charge is -2.41. The third-order valence-electron chi connectivity index (χ3n) is 14.1. The minimum absolute atomic E-state index is 0.0104. The normalized spacial score (nSPS) is 15.0. The van der Waals surface area contributed by atoms with Crippen LogP contribution in [0.4, 0.5) is 34.5 Å². The van der Waals surface area contributed by atoms with Crippen molar-refractivity contribution in [1.82, 2.24) is 29.4 Å². The van der Waals surface area contributed by atoms with Gasteiger partial charge in [0.2, 0.25) is 0 Å². The molecular weight excluding hydrogens is 1100 g/mol. The van der Waals surface area contributed by atoms with Crippen molar-refractivity contribution < 1.29 is 46.9 Å². The molecule has 7 N–H and O–H groups in total. The zero-order valence-electron chi connectivity index (χ0n) is 45.0. The number of ether oxygens (including phenoxy) is 3. The summed E-state index contributed by atoms with van der Waals surface area (Å²) in [6.45, 7) is 14.2. The predicted molar refractivity (Wildman–Crippen MR) is 301 cm³/mol. The number of aliphatic hydroxyl groups is 1. The number of carbonyl (C=O) groups excluding carboxylic acids is 3. The van der Waals surface area contributed by atoms with Crippen LogP contribution in [0.3, 0.4) is 0 Å². The minimum Gasteiger partial charge on any atom is -0.467 e. The zero-order valence-corrected chi connectivity index (χ0v) is 46.5. The number of amides is 2. The van der Waals surface area contributed by atoms with E-state index in [1.165, 1.54) is 35.9 Å².